The fraction of sp³-hybridized carbons (Fsp3) is 0.444. The molecule has 0 spiro atoms. The van der Waals surface area contributed by atoms with Gasteiger partial charge in [-0.2, -0.15) is 0 Å². The predicted octanol–water partition coefficient (Wildman–Crippen LogP) is 6.74. The quantitative estimate of drug-likeness (QED) is 0.0177. The molecule has 18 heteroatoms. The van der Waals surface area contributed by atoms with Gasteiger partial charge in [0.05, 0.1) is 0 Å². The standard InChI is InChI=1S/C54H74N8O10/c63-49(47(61-53(67)71-41-45-25-9-3-10-26-45)29-13-15-35-59-51(65)69-39-43-21-5-1-6-22-43)57-37-19-33-55-31-17-18-32-56-34-20-38-58-50(64)48(62-54(68)72-42-46-27-11-4-12-28-46)30-14-16-36-60-52(66)70-40-44-23-7-2-8-24-44/h1-12,21-28,47-48,55-56H,13-20,29-42H2,(H,57,63)(H,58,64)(H,59,65)(H,60,66)(H,61,67)(H,62,68). The van der Waals surface area contributed by atoms with E-state index >= 15 is 0 Å². The van der Waals surface area contributed by atoms with Gasteiger partial charge in [0.15, 0.2) is 0 Å². The van der Waals surface area contributed by atoms with E-state index in [0.29, 0.717) is 90.6 Å². The summed E-state index contributed by atoms with van der Waals surface area (Å²) < 4.78 is 21.3. The lowest BCUT2D eigenvalue weighted by molar-refractivity contribution is -0.124. The molecule has 72 heavy (non-hydrogen) atoms. The number of alkyl carbamates (subject to hydrolysis) is 4. The second-order valence-electron chi connectivity index (χ2n) is 17.0. The van der Waals surface area contributed by atoms with Crippen LogP contribution in [0.2, 0.25) is 0 Å². The zero-order chi connectivity index (χ0) is 51.1. The van der Waals surface area contributed by atoms with Crippen molar-refractivity contribution in [3.05, 3.63) is 144 Å². The fourth-order valence-corrected chi connectivity index (χ4v) is 7.07. The van der Waals surface area contributed by atoms with Crippen molar-refractivity contribution in [1.82, 2.24) is 42.5 Å². The van der Waals surface area contributed by atoms with Crippen molar-refractivity contribution in [2.24, 2.45) is 0 Å². The van der Waals surface area contributed by atoms with Crippen molar-refractivity contribution < 1.29 is 47.7 Å². The third-order valence-electron chi connectivity index (χ3n) is 11.1. The van der Waals surface area contributed by atoms with Crippen LogP contribution in [0.3, 0.4) is 0 Å². The maximum absolute atomic E-state index is 13.2. The number of carbonyl (C=O) groups is 6. The highest BCUT2D eigenvalue weighted by Gasteiger charge is 2.22. The van der Waals surface area contributed by atoms with Gasteiger partial charge < -0.3 is 61.5 Å². The van der Waals surface area contributed by atoms with Crippen LogP contribution in [0.15, 0.2) is 121 Å². The van der Waals surface area contributed by atoms with Crippen molar-refractivity contribution >= 4 is 36.2 Å². The number of benzene rings is 4. The lowest BCUT2D eigenvalue weighted by atomic mass is 10.1. The Morgan fingerprint density at radius 3 is 0.931 bits per heavy atom. The van der Waals surface area contributed by atoms with Crippen molar-refractivity contribution in [2.75, 3.05) is 52.4 Å². The third kappa shape index (κ3) is 27.3. The van der Waals surface area contributed by atoms with E-state index in [-0.39, 0.29) is 38.2 Å². The van der Waals surface area contributed by atoms with Crippen molar-refractivity contribution in [1.29, 1.82) is 0 Å². The van der Waals surface area contributed by atoms with Gasteiger partial charge in [-0.1, -0.05) is 121 Å². The minimum absolute atomic E-state index is 0.0784. The molecule has 8 N–H and O–H groups in total. The zero-order valence-corrected chi connectivity index (χ0v) is 41.3. The highest BCUT2D eigenvalue weighted by molar-refractivity contribution is 5.86. The van der Waals surface area contributed by atoms with Gasteiger partial charge in [0.2, 0.25) is 11.8 Å². The molecule has 4 rings (SSSR count). The molecule has 2 atom stereocenters. The molecule has 4 aromatic rings. The Morgan fingerprint density at radius 2 is 0.597 bits per heavy atom. The van der Waals surface area contributed by atoms with Crippen LogP contribution >= 0.6 is 0 Å². The van der Waals surface area contributed by atoms with Crippen molar-refractivity contribution in [2.45, 2.75) is 103 Å². The molecule has 0 heterocycles. The number of rotatable bonds is 35. The van der Waals surface area contributed by atoms with Crippen LogP contribution in [0.25, 0.3) is 0 Å². The van der Waals surface area contributed by atoms with E-state index in [9.17, 15) is 28.8 Å². The molecular formula is C54H74N8O10. The van der Waals surface area contributed by atoms with Crippen LogP contribution < -0.4 is 42.5 Å². The van der Waals surface area contributed by atoms with Crippen LogP contribution in [0.1, 0.15) is 86.5 Å². The van der Waals surface area contributed by atoms with Gasteiger partial charge in [-0.25, -0.2) is 19.2 Å². The van der Waals surface area contributed by atoms with Gasteiger partial charge in [0.1, 0.15) is 38.5 Å². The maximum atomic E-state index is 13.2. The summed E-state index contributed by atoms with van der Waals surface area (Å²) in [7, 11) is 0. The van der Waals surface area contributed by atoms with Crippen molar-refractivity contribution in [3.8, 4) is 0 Å². The Morgan fingerprint density at radius 1 is 0.319 bits per heavy atom. The molecule has 0 aromatic heterocycles. The molecule has 0 aliphatic carbocycles. The van der Waals surface area contributed by atoms with Gasteiger partial charge in [-0.15, -0.1) is 0 Å². The summed E-state index contributed by atoms with van der Waals surface area (Å²) in [5, 5.41) is 23.5. The Bertz CT molecular complexity index is 1970. The molecule has 0 saturated heterocycles. The number of carbonyl (C=O) groups excluding carboxylic acids is 6. The number of nitrogens with one attached hydrogen (secondary N) is 8. The summed E-state index contributed by atoms with van der Waals surface area (Å²) in [5.74, 6) is -0.604. The highest BCUT2D eigenvalue weighted by atomic mass is 16.6. The largest absolute Gasteiger partial charge is 0.445 e. The van der Waals surface area contributed by atoms with E-state index in [2.05, 4.69) is 42.5 Å². The summed E-state index contributed by atoms with van der Waals surface area (Å²) >= 11 is 0. The molecule has 18 nitrogen and oxygen atoms in total. The van der Waals surface area contributed by atoms with Crippen LogP contribution in [0, 0.1) is 0 Å². The van der Waals surface area contributed by atoms with E-state index in [4.69, 9.17) is 18.9 Å². The van der Waals surface area contributed by atoms with Crippen LogP contribution in [0.4, 0.5) is 19.2 Å². The molecule has 0 bridgehead atoms. The van der Waals surface area contributed by atoms with Crippen LogP contribution in [-0.4, -0.2) is 101 Å². The van der Waals surface area contributed by atoms with Gasteiger partial charge >= 0.3 is 24.4 Å². The number of hydrogen-bond donors (Lipinski definition) is 8. The van der Waals surface area contributed by atoms with Gasteiger partial charge in [0, 0.05) is 26.2 Å². The second-order valence-corrected chi connectivity index (χ2v) is 17.0. The number of hydrogen-bond acceptors (Lipinski definition) is 12. The lowest BCUT2D eigenvalue weighted by Crippen LogP contribution is -2.47. The lowest BCUT2D eigenvalue weighted by Gasteiger charge is -2.19. The molecule has 4 aromatic carbocycles. The average Bonchev–Trinajstić information content (AvgIpc) is 3.40. The maximum Gasteiger partial charge on any atom is 0.408 e. The summed E-state index contributed by atoms with van der Waals surface area (Å²) in [6.07, 6.45) is 3.90. The van der Waals surface area contributed by atoms with E-state index in [1.165, 1.54) is 0 Å². The summed E-state index contributed by atoms with van der Waals surface area (Å²) in [5.41, 5.74) is 3.44. The molecule has 0 saturated carbocycles. The predicted molar refractivity (Wildman–Crippen MR) is 274 cm³/mol. The average molecular weight is 995 g/mol. The molecule has 0 aliphatic heterocycles. The molecular weight excluding hydrogens is 921 g/mol. The highest BCUT2D eigenvalue weighted by Crippen LogP contribution is 2.08. The smallest absolute Gasteiger partial charge is 0.408 e. The van der Waals surface area contributed by atoms with Gasteiger partial charge in [0.25, 0.3) is 0 Å². The Balaban J connectivity index is 1.04. The van der Waals surface area contributed by atoms with E-state index in [0.717, 1.165) is 48.2 Å². The fourth-order valence-electron chi connectivity index (χ4n) is 7.07. The van der Waals surface area contributed by atoms with E-state index < -0.39 is 36.5 Å². The topological polar surface area (TPSA) is 236 Å². The molecule has 0 radical (unpaired) electrons. The first kappa shape index (κ1) is 57.4. The van der Waals surface area contributed by atoms with Gasteiger partial charge in [-0.05, 0) is 113 Å². The summed E-state index contributed by atoms with van der Waals surface area (Å²) in [6, 6.07) is 35.8. The third-order valence-corrected chi connectivity index (χ3v) is 11.1. The molecule has 6 amide bonds. The SMILES string of the molecule is O=C(NCCCCC(NC(=O)OCc1ccccc1)C(=O)NCCCNCCCCNCCCNC(=O)C(CCCCNC(=O)OCc1ccccc1)NC(=O)OCc1ccccc1)OCc1ccccc1. The number of amides is 6. The first-order valence-electron chi connectivity index (χ1n) is 25.1. The summed E-state index contributed by atoms with van der Waals surface area (Å²) in [4.78, 5) is 75.9. The van der Waals surface area contributed by atoms with Gasteiger partial charge in [-0.3, -0.25) is 9.59 Å². The number of unbranched alkanes of at least 4 members (excludes halogenated alkanes) is 3. The molecule has 0 fully saturated rings. The minimum Gasteiger partial charge on any atom is -0.445 e. The summed E-state index contributed by atoms with van der Waals surface area (Å²) in [6.45, 7) is 5.12. The van der Waals surface area contributed by atoms with E-state index in [1.807, 2.05) is 121 Å². The number of ether oxygens (including phenoxy) is 4. The minimum atomic E-state index is -0.805. The Labute approximate surface area is 423 Å². The molecule has 2 unspecified atom stereocenters. The normalized spacial score (nSPS) is 11.5. The van der Waals surface area contributed by atoms with E-state index in [1.54, 1.807) is 0 Å². The Hall–Kier alpha value is -7.18. The van der Waals surface area contributed by atoms with Crippen molar-refractivity contribution in [3.63, 3.8) is 0 Å². The van der Waals surface area contributed by atoms with Crippen LogP contribution in [0.5, 0.6) is 0 Å². The Kier molecular flexibility index (Phi) is 29.3. The first-order chi connectivity index (χ1) is 35.2. The molecule has 0 aliphatic rings. The first-order valence-corrected chi connectivity index (χ1v) is 25.1. The molecule has 390 valence electrons. The second kappa shape index (κ2) is 36.7. The monoisotopic (exact) mass is 995 g/mol. The van der Waals surface area contributed by atoms with Crippen LogP contribution in [-0.2, 0) is 55.0 Å². The zero-order valence-electron chi connectivity index (χ0n) is 41.3.